The summed E-state index contributed by atoms with van der Waals surface area (Å²) in [6.07, 6.45) is 0. The molecule has 0 spiro atoms. The number of primary amides is 1. The van der Waals surface area contributed by atoms with Gasteiger partial charge >= 0.3 is 0 Å². The molecule has 11 heteroatoms. The van der Waals surface area contributed by atoms with Crippen LogP contribution in [0.4, 0.5) is 5.69 Å². The smallest absolute Gasteiger partial charge is 0.270 e. The van der Waals surface area contributed by atoms with Crippen molar-refractivity contribution < 1.29 is 14.4 Å². The molecule has 0 bridgehead atoms. The second-order valence-electron chi connectivity index (χ2n) is 8.86. The Morgan fingerprint density at radius 2 is 1.71 bits per heavy atom. The number of nitrogens with two attached hydrogens (primary N) is 2. The van der Waals surface area contributed by atoms with Gasteiger partial charge in [0.25, 0.3) is 11.8 Å². The van der Waals surface area contributed by atoms with E-state index >= 15 is 0 Å². The molecule has 0 saturated heterocycles. The third-order valence-corrected chi connectivity index (χ3v) is 6.31. The monoisotopic (exact) mass is 508 g/mol. The zero-order valence-electron chi connectivity index (χ0n) is 20.2. The number of nitrogens with one attached hydrogen (secondary N) is 1. The molecule has 1 unspecified atom stereocenters. The Morgan fingerprint density at radius 3 is 2.18 bits per heavy atom. The number of carbonyl (C=O) groups excluding carboxylic acids is 3. The average Bonchev–Trinajstić information content (AvgIpc) is 3.14. The summed E-state index contributed by atoms with van der Waals surface area (Å²) in [7, 11) is 0. The average molecular weight is 509 g/mol. The van der Waals surface area contributed by atoms with E-state index < -0.39 is 23.4 Å². The van der Waals surface area contributed by atoms with Gasteiger partial charge in [0.1, 0.15) is 10.9 Å². The number of amides is 3. The van der Waals surface area contributed by atoms with Gasteiger partial charge in [-0.1, -0.05) is 37.6 Å². The molecule has 9 nitrogen and oxygen atoms in total. The number of nitrogen functional groups attached to an aromatic ring is 1. The summed E-state index contributed by atoms with van der Waals surface area (Å²) in [5, 5.41) is 3.49. The molecule has 1 heterocycles. The first-order valence-electron chi connectivity index (χ1n) is 11.0. The molecule has 0 saturated carbocycles. The number of benzene rings is 1. The summed E-state index contributed by atoms with van der Waals surface area (Å²) in [4.78, 5) is 42.6. The fraction of sp³-hybridized carbons (Fsp3) is 0.478. The van der Waals surface area contributed by atoms with Crippen molar-refractivity contribution in [1.29, 1.82) is 0 Å². The highest BCUT2D eigenvalue weighted by Gasteiger charge is 2.36. The van der Waals surface area contributed by atoms with Crippen molar-refractivity contribution in [3.8, 4) is 0 Å². The van der Waals surface area contributed by atoms with Crippen molar-refractivity contribution in [3.63, 3.8) is 0 Å². The van der Waals surface area contributed by atoms with Crippen LogP contribution in [0.2, 0.25) is 5.02 Å². The topological polar surface area (TPSA) is 135 Å². The molecule has 34 heavy (non-hydrogen) atoms. The lowest BCUT2D eigenvalue weighted by Crippen LogP contribution is -2.50. The van der Waals surface area contributed by atoms with Crippen LogP contribution in [-0.4, -0.2) is 63.6 Å². The van der Waals surface area contributed by atoms with Crippen molar-refractivity contribution in [3.05, 3.63) is 45.4 Å². The summed E-state index contributed by atoms with van der Waals surface area (Å²) in [5.41, 5.74) is 11.2. The third kappa shape index (κ3) is 6.91. The van der Waals surface area contributed by atoms with Crippen LogP contribution in [0.1, 0.15) is 66.4 Å². The van der Waals surface area contributed by atoms with E-state index in [9.17, 15) is 14.4 Å². The van der Waals surface area contributed by atoms with E-state index in [1.54, 1.807) is 24.3 Å². The maximum Gasteiger partial charge on any atom is 0.270 e. The van der Waals surface area contributed by atoms with E-state index in [1.807, 2.05) is 34.6 Å². The zero-order chi connectivity index (χ0) is 25.6. The number of likely N-dealkylation sites (N-methyl/N-ethyl adjacent to an activating group) is 1. The number of aromatic nitrogens is 1. The first kappa shape index (κ1) is 27.6. The van der Waals surface area contributed by atoms with Gasteiger partial charge in [-0.2, -0.15) is 4.37 Å². The maximum absolute atomic E-state index is 13.8. The van der Waals surface area contributed by atoms with E-state index in [1.165, 1.54) is 4.90 Å². The van der Waals surface area contributed by atoms with Crippen LogP contribution >= 0.6 is 23.1 Å². The Labute approximate surface area is 209 Å². The summed E-state index contributed by atoms with van der Waals surface area (Å²) < 4.78 is 3.96. The molecular weight excluding hydrogens is 476 g/mol. The highest BCUT2D eigenvalue weighted by atomic mass is 35.5. The van der Waals surface area contributed by atoms with Crippen LogP contribution in [0.3, 0.4) is 0 Å². The lowest BCUT2D eigenvalue weighted by Gasteiger charge is -2.34. The van der Waals surface area contributed by atoms with Crippen LogP contribution in [0, 0.1) is 0 Å². The van der Waals surface area contributed by atoms with Crippen LogP contribution in [0.25, 0.3) is 0 Å². The first-order chi connectivity index (χ1) is 15.9. The van der Waals surface area contributed by atoms with Crippen molar-refractivity contribution in [2.45, 2.75) is 46.2 Å². The van der Waals surface area contributed by atoms with Crippen molar-refractivity contribution in [2.24, 2.45) is 5.73 Å². The standard InChI is InChI=1S/C23H33ClN6O3S/c1-6-29(7-2)12-13-30(22(33)19-16(25)17(20(26)31)28-34-19)18(21(32)27-23(3,4)5)14-8-10-15(24)11-9-14/h8-11,18H,6-7,12-13,25H2,1-5H3,(H2,26,31)(H,27,32). The van der Waals surface area contributed by atoms with Crippen molar-refractivity contribution in [2.75, 3.05) is 31.9 Å². The SMILES string of the molecule is CCN(CC)CCN(C(=O)c1snc(C(N)=O)c1N)C(C(=O)NC(C)(C)C)c1ccc(Cl)cc1. The van der Waals surface area contributed by atoms with Gasteiger partial charge in [0.15, 0.2) is 5.69 Å². The molecule has 3 amide bonds. The third-order valence-electron chi connectivity index (χ3n) is 5.21. The fourth-order valence-corrected chi connectivity index (χ4v) is 4.34. The molecule has 186 valence electrons. The second kappa shape index (κ2) is 11.6. The molecule has 0 aliphatic carbocycles. The van der Waals surface area contributed by atoms with Crippen LogP contribution in [0.15, 0.2) is 24.3 Å². The van der Waals surface area contributed by atoms with Gasteiger partial charge in [-0.25, -0.2) is 0 Å². The molecule has 5 N–H and O–H groups in total. The number of nitrogens with zero attached hydrogens (tertiary/aromatic N) is 3. The van der Waals surface area contributed by atoms with Gasteiger partial charge in [-0.3, -0.25) is 14.4 Å². The highest BCUT2D eigenvalue weighted by Crippen LogP contribution is 2.30. The highest BCUT2D eigenvalue weighted by molar-refractivity contribution is 7.09. The van der Waals surface area contributed by atoms with Gasteiger partial charge in [-0.05, 0) is 63.1 Å². The molecule has 0 aliphatic rings. The number of hydrogen-bond donors (Lipinski definition) is 3. The summed E-state index contributed by atoms with van der Waals surface area (Å²) in [5.74, 6) is -1.66. The second-order valence-corrected chi connectivity index (χ2v) is 10.1. The lowest BCUT2D eigenvalue weighted by atomic mass is 10.0. The van der Waals surface area contributed by atoms with E-state index in [2.05, 4.69) is 14.6 Å². The Bertz CT molecular complexity index is 1010. The van der Waals surface area contributed by atoms with E-state index in [-0.39, 0.29) is 28.7 Å². The Balaban J connectivity index is 2.59. The molecule has 2 aromatic rings. The molecule has 1 aromatic carbocycles. The number of carbonyl (C=O) groups is 3. The molecule has 2 rings (SSSR count). The number of halogens is 1. The predicted molar refractivity (Wildman–Crippen MR) is 136 cm³/mol. The molecule has 0 radical (unpaired) electrons. The van der Waals surface area contributed by atoms with Crippen molar-refractivity contribution >= 4 is 46.5 Å². The number of hydrogen-bond acceptors (Lipinski definition) is 7. The first-order valence-corrected chi connectivity index (χ1v) is 12.2. The van der Waals surface area contributed by atoms with Gasteiger partial charge in [0.05, 0.1) is 5.69 Å². The lowest BCUT2D eigenvalue weighted by molar-refractivity contribution is -0.127. The number of anilines is 1. The quantitative estimate of drug-likeness (QED) is 0.451. The summed E-state index contributed by atoms with van der Waals surface area (Å²) in [6, 6.07) is 5.83. The van der Waals surface area contributed by atoms with Gasteiger partial charge in [0.2, 0.25) is 5.91 Å². The van der Waals surface area contributed by atoms with Crippen LogP contribution < -0.4 is 16.8 Å². The largest absolute Gasteiger partial charge is 0.395 e. The minimum absolute atomic E-state index is 0.0656. The summed E-state index contributed by atoms with van der Waals surface area (Å²) >= 11 is 6.87. The molecule has 0 fully saturated rings. The van der Waals surface area contributed by atoms with Gasteiger partial charge in [-0.15, -0.1) is 0 Å². The summed E-state index contributed by atoms with van der Waals surface area (Å²) in [6.45, 7) is 12.0. The molecule has 1 aromatic heterocycles. The minimum atomic E-state index is -0.960. The molecule has 0 aliphatic heterocycles. The Hall–Kier alpha value is -2.69. The fourth-order valence-electron chi connectivity index (χ4n) is 3.45. The minimum Gasteiger partial charge on any atom is -0.395 e. The van der Waals surface area contributed by atoms with Crippen LogP contribution in [-0.2, 0) is 4.79 Å². The van der Waals surface area contributed by atoms with Crippen LogP contribution in [0.5, 0.6) is 0 Å². The van der Waals surface area contributed by atoms with E-state index in [4.69, 9.17) is 23.1 Å². The normalized spacial score (nSPS) is 12.4. The maximum atomic E-state index is 13.8. The molecule has 1 atom stereocenters. The van der Waals surface area contributed by atoms with E-state index in [0.29, 0.717) is 17.1 Å². The van der Waals surface area contributed by atoms with Gasteiger partial charge in [0, 0.05) is 23.7 Å². The van der Waals surface area contributed by atoms with E-state index in [0.717, 1.165) is 24.6 Å². The zero-order valence-corrected chi connectivity index (χ0v) is 21.8. The molecular formula is C23H33ClN6O3S. The Morgan fingerprint density at radius 1 is 1.12 bits per heavy atom. The van der Waals surface area contributed by atoms with Crippen molar-refractivity contribution in [1.82, 2.24) is 19.5 Å². The Kier molecular flexibility index (Phi) is 9.43. The predicted octanol–water partition coefficient (Wildman–Crippen LogP) is 2.92. The van der Waals surface area contributed by atoms with Gasteiger partial charge < -0.3 is 26.6 Å². The number of rotatable bonds is 10.